The molecule has 1 N–H and O–H groups in total. The van der Waals surface area contributed by atoms with E-state index in [1.54, 1.807) is 23.6 Å². The number of furan rings is 1. The number of anilines is 1. The second-order valence-corrected chi connectivity index (χ2v) is 6.81. The van der Waals surface area contributed by atoms with E-state index in [4.69, 9.17) is 4.42 Å². The number of benzene rings is 1. The van der Waals surface area contributed by atoms with Crippen LogP contribution < -0.4 is 5.32 Å². The van der Waals surface area contributed by atoms with Crippen LogP contribution in [0.15, 0.2) is 40.1 Å². The predicted molar refractivity (Wildman–Crippen MR) is 93.7 cm³/mol. The Morgan fingerprint density at radius 3 is 2.70 bits per heavy atom. The molecule has 0 aliphatic carbocycles. The van der Waals surface area contributed by atoms with Crippen molar-refractivity contribution in [2.45, 2.75) is 30.8 Å². The number of carbonyl (C=O) groups is 1. The molecule has 0 spiro atoms. The third-order valence-corrected chi connectivity index (χ3v) is 4.80. The van der Waals surface area contributed by atoms with E-state index >= 15 is 0 Å². The van der Waals surface area contributed by atoms with Gasteiger partial charge in [0.15, 0.2) is 34.2 Å². The maximum Gasteiger partial charge on any atom is 0.237 e. The van der Waals surface area contributed by atoms with Crippen LogP contribution in [-0.2, 0) is 11.3 Å². The number of aromatic nitrogens is 3. The molecule has 10 heteroatoms. The van der Waals surface area contributed by atoms with E-state index in [9.17, 15) is 18.0 Å². The van der Waals surface area contributed by atoms with Crippen LogP contribution in [-0.4, -0.2) is 25.9 Å². The monoisotopic (exact) mass is 396 g/mol. The minimum atomic E-state index is -1.64. The largest absolute Gasteiger partial charge is 0.461 e. The van der Waals surface area contributed by atoms with Crippen LogP contribution in [0.25, 0.3) is 11.6 Å². The number of nitrogens with one attached hydrogen (secondary N) is 1. The van der Waals surface area contributed by atoms with Gasteiger partial charge in [0, 0.05) is 6.54 Å². The average molecular weight is 396 g/mol. The van der Waals surface area contributed by atoms with E-state index < -0.39 is 34.3 Å². The van der Waals surface area contributed by atoms with Crippen LogP contribution in [0.2, 0.25) is 0 Å². The van der Waals surface area contributed by atoms with Gasteiger partial charge in [-0.25, -0.2) is 13.2 Å². The van der Waals surface area contributed by atoms with Crippen molar-refractivity contribution in [1.82, 2.24) is 14.8 Å². The van der Waals surface area contributed by atoms with Gasteiger partial charge in [-0.15, -0.1) is 10.2 Å². The van der Waals surface area contributed by atoms with Gasteiger partial charge in [-0.05, 0) is 38.1 Å². The fourth-order valence-electron chi connectivity index (χ4n) is 2.32. The van der Waals surface area contributed by atoms with Crippen molar-refractivity contribution >= 4 is 23.4 Å². The molecule has 6 nitrogen and oxygen atoms in total. The minimum Gasteiger partial charge on any atom is -0.461 e. The summed E-state index contributed by atoms with van der Waals surface area (Å²) in [5.41, 5.74) is -0.431. The molecule has 2 heterocycles. The van der Waals surface area contributed by atoms with Gasteiger partial charge in [-0.3, -0.25) is 9.36 Å². The van der Waals surface area contributed by atoms with E-state index in [1.165, 1.54) is 6.26 Å². The first kappa shape index (κ1) is 19.0. The van der Waals surface area contributed by atoms with Crippen molar-refractivity contribution in [2.75, 3.05) is 5.32 Å². The van der Waals surface area contributed by atoms with Crippen LogP contribution in [0.3, 0.4) is 0 Å². The van der Waals surface area contributed by atoms with Gasteiger partial charge >= 0.3 is 0 Å². The van der Waals surface area contributed by atoms with Crippen LogP contribution in [0.1, 0.15) is 13.8 Å². The zero-order valence-electron chi connectivity index (χ0n) is 14.4. The summed E-state index contributed by atoms with van der Waals surface area (Å²) in [4.78, 5) is 12.3. The fourth-order valence-corrected chi connectivity index (χ4v) is 3.23. The molecular formula is C17H15F3N4O2S. The van der Waals surface area contributed by atoms with Crippen LogP contribution in [0.5, 0.6) is 0 Å². The summed E-state index contributed by atoms with van der Waals surface area (Å²) in [5, 5.41) is 10.2. The molecule has 3 rings (SSSR count). The van der Waals surface area contributed by atoms with Crippen molar-refractivity contribution in [2.24, 2.45) is 0 Å². The molecule has 3 aromatic rings. The molecule has 0 aliphatic rings. The molecule has 142 valence electrons. The quantitative estimate of drug-likeness (QED) is 0.502. The molecule has 0 aliphatic heterocycles. The lowest BCUT2D eigenvalue weighted by molar-refractivity contribution is -0.115. The first-order valence-corrected chi connectivity index (χ1v) is 8.88. The lowest BCUT2D eigenvalue weighted by Crippen LogP contribution is -2.23. The van der Waals surface area contributed by atoms with E-state index in [2.05, 4.69) is 15.5 Å². The standard InChI is InChI=1S/C17H15F3N4O2S/c1-3-24-15(12-5-4-8-26-12)22-23-17(24)27-9(2)16(25)21-11-7-6-10(18)13(19)14(11)20/h4-9H,3H2,1-2H3,(H,21,25). The first-order chi connectivity index (χ1) is 12.9. The van der Waals surface area contributed by atoms with Crippen LogP contribution >= 0.6 is 11.8 Å². The molecule has 0 saturated heterocycles. The van der Waals surface area contributed by atoms with Gasteiger partial charge in [-0.2, -0.15) is 0 Å². The fraction of sp³-hybridized carbons (Fsp3) is 0.235. The smallest absolute Gasteiger partial charge is 0.237 e. The highest BCUT2D eigenvalue weighted by Gasteiger charge is 2.23. The lowest BCUT2D eigenvalue weighted by atomic mass is 10.2. The second-order valence-electron chi connectivity index (χ2n) is 5.50. The zero-order valence-corrected chi connectivity index (χ0v) is 15.2. The van der Waals surface area contributed by atoms with E-state index in [-0.39, 0.29) is 0 Å². The molecule has 2 aromatic heterocycles. The van der Waals surface area contributed by atoms with Gasteiger partial charge < -0.3 is 9.73 Å². The Bertz CT molecular complexity index is 959. The molecule has 0 fully saturated rings. The summed E-state index contributed by atoms with van der Waals surface area (Å²) < 4.78 is 47.1. The summed E-state index contributed by atoms with van der Waals surface area (Å²) in [7, 11) is 0. The summed E-state index contributed by atoms with van der Waals surface area (Å²) in [6, 6.07) is 5.18. The molecule has 0 bridgehead atoms. The molecular weight excluding hydrogens is 381 g/mol. The Morgan fingerprint density at radius 1 is 1.26 bits per heavy atom. The van der Waals surface area contributed by atoms with E-state index in [0.717, 1.165) is 23.9 Å². The van der Waals surface area contributed by atoms with Crippen molar-refractivity contribution in [3.8, 4) is 11.6 Å². The molecule has 27 heavy (non-hydrogen) atoms. The molecule has 1 aromatic carbocycles. The lowest BCUT2D eigenvalue weighted by Gasteiger charge is -2.13. The number of halogens is 3. The summed E-state index contributed by atoms with van der Waals surface area (Å²) >= 11 is 1.10. The van der Waals surface area contributed by atoms with Crippen molar-refractivity contribution in [3.63, 3.8) is 0 Å². The Morgan fingerprint density at radius 2 is 2.04 bits per heavy atom. The predicted octanol–water partition coefficient (Wildman–Crippen LogP) is 4.09. The number of hydrogen-bond acceptors (Lipinski definition) is 5. The van der Waals surface area contributed by atoms with Crippen molar-refractivity contribution in [3.05, 3.63) is 48.0 Å². The summed E-state index contributed by atoms with van der Waals surface area (Å²) in [6.45, 7) is 4.01. The van der Waals surface area contributed by atoms with Crippen molar-refractivity contribution < 1.29 is 22.4 Å². The van der Waals surface area contributed by atoms with Crippen LogP contribution in [0.4, 0.5) is 18.9 Å². The maximum atomic E-state index is 13.7. The summed E-state index contributed by atoms with van der Waals surface area (Å²) in [5.74, 6) is -3.94. The Labute approximate surface area is 156 Å². The normalized spacial score (nSPS) is 12.2. The Hall–Kier alpha value is -2.75. The minimum absolute atomic E-state index is 0.431. The highest BCUT2D eigenvalue weighted by Crippen LogP contribution is 2.28. The topological polar surface area (TPSA) is 73.0 Å². The van der Waals surface area contributed by atoms with Gasteiger partial charge in [0.25, 0.3) is 0 Å². The van der Waals surface area contributed by atoms with Gasteiger partial charge in [-0.1, -0.05) is 11.8 Å². The first-order valence-electron chi connectivity index (χ1n) is 8.00. The van der Waals surface area contributed by atoms with Crippen molar-refractivity contribution in [1.29, 1.82) is 0 Å². The SMILES string of the molecule is CCn1c(SC(C)C(=O)Nc2ccc(F)c(F)c2F)nnc1-c1ccco1. The highest BCUT2D eigenvalue weighted by molar-refractivity contribution is 8.00. The maximum absolute atomic E-state index is 13.7. The third kappa shape index (κ3) is 3.85. The summed E-state index contributed by atoms with van der Waals surface area (Å²) in [6.07, 6.45) is 1.52. The van der Waals surface area contributed by atoms with E-state index in [0.29, 0.717) is 23.3 Å². The second kappa shape index (κ2) is 7.87. The number of rotatable bonds is 6. The van der Waals surface area contributed by atoms with E-state index in [1.807, 2.05) is 6.92 Å². The number of carbonyl (C=O) groups excluding carboxylic acids is 1. The van der Waals surface area contributed by atoms with Gasteiger partial charge in [0.05, 0.1) is 17.2 Å². The highest BCUT2D eigenvalue weighted by atomic mass is 32.2. The average Bonchev–Trinajstić information content (AvgIpc) is 3.31. The van der Waals surface area contributed by atoms with Crippen LogP contribution in [0, 0.1) is 17.5 Å². The molecule has 1 atom stereocenters. The molecule has 1 amide bonds. The Balaban J connectivity index is 1.75. The molecule has 0 saturated carbocycles. The van der Waals surface area contributed by atoms with Gasteiger partial charge in [0.2, 0.25) is 5.91 Å². The van der Waals surface area contributed by atoms with Gasteiger partial charge in [0.1, 0.15) is 0 Å². The molecule has 1 unspecified atom stereocenters. The molecule has 0 radical (unpaired) electrons. The Kier molecular flexibility index (Phi) is 5.54. The number of nitrogens with zero attached hydrogens (tertiary/aromatic N) is 3. The number of thioether (sulfide) groups is 1. The zero-order chi connectivity index (χ0) is 19.6. The number of hydrogen-bond donors (Lipinski definition) is 1. The third-order valence-electron chi connectivity index (χ3n) is 3.72. The number of amides is 1.